The van der Waals surface area contributed by atoms with Crippen LogP contribution in [-0.2, 0) is 4.79 Å². The molecule has 33 heavy (non-hydrogen) atoms. The number of nitrogens with zero attached hydrogens (tertiary/aromatic N) is 3. The molecule has 174 valence electrons. The van der Waals surface area contributed by atoms with Crippen LogP contribution in [0.15, 0.2) is 55.0 Å². The lowest BCUT2D eigenvalue weighted by Crippen LogP contribution is -2.45. The molecule has 3 aromatic rings. The zero-order valence-corrected chi connectivity index (χ0v) is 17.3. The second-order valence-electron chi connectivity index (χ2n) is 6.99. The van der Waals surface area contributed by atoms with Crippen molar-refractivity contribution in [3.05, 3.63) is 66.2 Å². The van der Waals surface area contributed by atoms with Gasteiger partial charge in [-0.15, -0.1) is 0 Å². The first-order chi connectivity index (χ1) is 15.6. The fraction of sp³-hybridized carbons (Fsp3) is 0.238. The maximum atomic E-state index is 12.6. The highest BCUT2D eigenvalue weighted by Gasteiger charge is 2.38. The van der Waals surface area contributed by atoms with Gasteiger partial charge in [0, 0.05) is 37.4 Å². The van der Waals surface area contributed by atoms with E-state index in [1.54, 1.807) is 41.5 Å². The monoisotopic (exact) mass is 463 g/mol. The molecule has 4 rings (SSSR count). The number of ether oxygens (including phenoxy) is 1. The summed E-state index contributed by atoms with van der Waals surface area (Å²) in [4.78, 5) is 25.5. The van der Waals surface area contributed by atoms with Crippen LogP contribution in [0, 0.1) is 6.92 Å². The van der Waals surface area contributed by atoms with Crippen LogP contribution in [0.3, 0.4) is 0 Å². The molecule has 3 heterocycles. The molecule has 1 fully saturated rings. The van der Waals surface area contributed by atoms with Crippen molar-refractivity contribution in [2.75, 3.05) is 18.4 Å². The average Bonchev–Trinajstić information content (AvgIpc) is 3.18. The van der Waals surface area contributed by atoms with Crippen molar-refractivity contribution in [3.63, 3.8) is 0 Å². The van der Waals surface area contributed by atoms with E-state index in [0.717, 1.165) is 24.3 Å². The average molecular weight is 463 g/mol. The molecule has 3 N–H and O–H groups in total. The van der Waals surface area contributed by atoms with Gasteiger partial charge >= 0.3 is 12.1 Å². The number of anilines is 1. The molecule has 1 aliphatic rings. The van der Waals surface area contributed by atoms with Crippen LogP contribution in [-0.4, -0.2) is 51.0 Å². The maximum absolute atomic E-state index is 12.6. The number of nitrogens with one attached hydrogen (secondary N) is 2. The lowest BCUT2D eigenvalue weighted by Gasteiger charge is -2.28. The number of rotatable bonds is 5. The minimum Gasteiger partial charge on any atom is -0.475 e. The number of aromatic nitrogens is 3. The molecular formula is C21H20F3N5O4. The first kappa shape index (κ1) is 23.7. The molecule has 12 heteroatoms. The normalized spacial score (nSPS) is 13.3. The summed E-state index contributed by atoms with van der Waals surface area (Å²) in [6, 6.07) is 11.1. The van der Waals surface area contributed by atoms with E-state index in [2.05, 4.69) is 20.7 Å². The quantitative estimate of drug-likeness (QED) is 0.531. The number of pyridine rings is 1. The van der Waals surface area contributed by atoms with E-state index < -0.39 is 12.1 Å². The SMILES string of the molecule is Cc1cc(Oc2ccncc2)ccc1NC(=O)c1ccnn1C1CNC1.O=C(O)C(F)(F)F. The van der Waals surface area contributed by atoms with Crippen molar-refractivity contribution < 1.29 is 32.6 Å². The number of carbonyl (C=O) groups is 2. The van der Waals surface area contributed by atoms with Crippen LogP contribution < -0.4 is 15.4 Å². The van der Waals surface area contributed by atoms with Gasteiger partial charge in [-0.25, -0.2) is 4.79 Å². The minimum atomic E-state index is -5.08. The molecule has 0 bridgehead atoms. The number of amides is 1. The van der Waals surface area contributed by atoms with Crippen LogP contribution in [0.1, 0.15) is 22.1 Å². The van der Waals surface area contributed by atoms with Gasteiger partial charge in [0.05, 0.1) is 6.04 Å². The highest BCUT2D eigenvalue weighted by Crippen LogP contribution is 2.26. The molecular weight excluding hydrogens is 443 g/mol. The van der Waals surface area contributed by atoms with Crippen molar-refractivity contribution in [3.8, 4) is 11.5 Å². The number of benzene rings is 1. The molecule has 9 nitrogen and oxygen atoms in total. The van der Waals surface area contributed by atoms with E-state index in [0.29, 0.717) is 17.2 Å². The van der Waals surface area contributed by atoms with E-state index >= 15 is 0 Å². The summed E-state index contributed by atoms with van der Waals surface area (Å²) in [7, 11) is 0. The lowest BCUT2D eigenvalue weighted by atomic mass is 10.1. The van der Waals surface area contributed by atoms with Gasteiger partial charge in [-0.1, -0.05) is 0 Å². The summed E-state index contributed by atoms with van der Waals surface area (Å²) in [5.74, 6) is -1.50. The van der Waals surface area contributed by atoms with Gasteiger partial charge in [-0.2, -0.15) is 18.3 Å². The third kappa shape index (κ3) is 6.29. The smallest absolute Gasteiger partial charge is 0.475 e. The van der Waals surface area contributed by atoms with Crippen molar-refractivity contribution >= 4 is 17.6 Å². The van der Waals surface area contributed by atoms with Crippen LogP contribution in [0.2, 0.25) is 0 Å². The predicted octanol–water partition coefficient (Wildman–Crippen LogP) is 3.41. The second-order valence-corrected chi connectivity index (χ2v) is 6.99. The van der Waals surface area contributed by atoms with Crippen molar-refractivity contribution in [2.45, 2.75) is 19.1 Å². The Hall–Kier alpha value is -3.93. The highest BCUT2D eigenvalue weighted by molar-refractivity contribution is 6.03. The molecule has 1 aromatic carbocycles. The molecule has 0 saturated carbocycles. The summed E-state index contributed by atoms with van der Waals surface area (Å²) >= 11 is 0. The van der Waals surface area contributed by atoms with Crippen molar-refractivity contribution in [1.82, 2.24) is 20.1 Å². The van der Waals surface area contributed by atoms with Gasteiger partial charge in [-0.3, -0.25) is 14.5 Å². The summed E-state index contributed by atoms with van der Waals surface area (Å²) < 4.78 is 39.3. The van der Waals surface area contributed by atoms with Crippen LogP contribution in [0.5, 0.6) is 11.5 Å². The Balaban J connectivity index is 0.000000383. The van der Waals surface area contributed by atoms with Gasteiger partial charge in [0.1, 0.15) is 17.2 Å². The largest absolute Gasteiger partial charge is 0.490 e. The fourth-order valence-electron chi connectivity index (χ4n) is 2.80. The Morgan fingerprint density at radius 3 is 2.33 bits per heavy atom. The molecule has 0 spiro atoms. The number of carboxylic acid groups (broad SMARTS) is 1. The number of carbonyl (C=O) groups excluding carboxylic acids is 1. The van der Waals surface area contributed by atoms with E-state index in [-0.39, 0.29) is 11.9 Å². The van der Waals surface area contributed by atoms with E-state index in [1.807, 2.05) is 25.1 Å². The number of halogens is 3. The number of carboxylic acids is 1. The molecule has 0 atom stereocenters. The number of hydrogen-bond acceptors (Lipinski definition) is 6. The summed E-state index contributed by atoms with van der Waals surface area (Å²) in [5.41, 5.74) is 2.23. The fourth-order valence-corrected chi connectivity index (χ4v) is 2.80. The number of hydrogen-bond donors (Lipinski definition) is 3. The lowest BCUT2D eigenvalue weighted by molar-refractivity contribution is -0.192. The minimum absolute atomic E-state index is 0.166. The molecule has 0 unspecified atom stereocenters. The standard InChI is InChI=1S/C19H19N5O2.C2HF3O2/c1-13-10-16(26-15-4-7-20-8-5-15)2-3-17(13)23-19(25)18-6-9-22-24(18)14-11-21-12-14;3-2(4,5)1(6)7/h2-10,14,21H,11-12H2,1H3,(H,23,25);(H,6,7). The Morgan fingerprint density at radius 1 is 1.12 bits per heavy atom. The molecule has 0 aliphatic carbocycles. The molecule has 2 aromatic heterocycles. The van der Waals surface area contributed by atoms with Gasteiger partial charge in [0.25, 0.3) is 5.91 Å². The topological polar surface area (TPSA) is 118 Å². The first-order valence-corrected chi connectivity index (χ1v) is 9.69. The van der Waals surface area contributed by atoms with E-state index in [1.165, 1.54) is 0 Å². The first-order valence-electron chi connectivity index (χ1n) is 9.69. The Labute approximate surface area is 186 Å². The Bertz CT molecular complexity index is 1110. The van der Waals surface area contributed by atoms with E-state index in [4.69, 9.17) is 14.6 Å². The third-order valence-corrected chi connectivity index (χ3v) is 4.58. The van der Waals surface area contributed by atoms with Gasteiger partial charge < -0.3 is 20.5 Å². The number of alkyl halides is 3. The van der Waals surface area contributed by atoms with Gasteiger partial charge in [0.15, 0.2) is 0 Å². The number of aryl methyl sites for hydroxylation is 1. The van der Waals surface area contributed by atoms with Gasteiger partial charge in [0.2, 0.25) is 0 Å². The van der Waals surface area contributed by atoms with Crippen molar-refractivity contribution in [1.29, 1.82) is 0 Å². The third-order valence-electron chi connectivity index (χ3n) is 4.58. The van der Waals surface area contributed by atoms with Crippen LogP contribution in [0.4, 0.5) is 18.9 Å². The molecule has 1 amide bonds. The predicted molar refractivity (Wildman–Crippen MR) is 111 cm³/mol. The van der Waals surface area contributed by atoms with Gasteiger partial charge in [-0.05, 0) is 48.9 Å². The summed E-state index contributed by atoms with van der Waals surface area (Å²) in [5, 5.41) is 17.6. The molecule has 1 saturated heterocycles. The number of aliphatic carboxylic acids is 1. The van der Waals surface area contributed by atoms with Crippen LogP contribution >= 0.6 is 0 Å². The molecule has 1 aliphatic heterocycles. The van der Waals surface area contributed by atoms with Crippen molar-refractivity contribution in [2.24, 2.45) is 0 Å². The summed E-state index contributed by atoms with van der Waals surface area (Å²) in [6.07, 6.45) is -0.0686. The summed E-state index contributed by atoms with van der Waals surface area (Å²) in [6.45, 7) is 3.60. The Morgan fingerprint density at radius 2 is 1.79 bits per heavy atom. The molecule has 0 radical (unpaired) electrons. The maximum Gasteiger partial charge on any atom is 0.490 e. The zero-order valence-electron chi connectivity index (χ0n) is 17.3. The van der Waals surface area contributed by atoms with E-state index in [9.17, 15) is 18.0 Å². The Kier molecular flexibility index (Phi) is 7.28. The van der Waals surface area contributed by atoms with Crippen LogP contribution in [0.25, 0.3) is 0 Å². The zero-order chi connectivity index (χ0) is 24.0. The highest BCUT2D eigenvalue weighted by atomic mass is 19.4. The second kappa shape index (κ2) is 10.1.